The first-order valence-corrected chi connectivity index (χ1v) is 6.87. The van der Waals surface area contributed by atoms with Gasteiger partial charge in [0.2, 0.25) is 0 Å². The Hall–Kier alpha value is -1.12. The molecule has 3 nitrogen and oxygen atoms in total. The molecule has 1 aromatic rings. The molecule has 0 saturated carbocycles. The summed E-state index contributed by atoms with van der Waals surface area (Å²) in [6.45, 7) is 1.81. The van der Waals surface area contributed by atoms with Gasteiger partial charge in [-0.2, -0.15) is 5.26 Å². The first kappa shape index (κ1) is 13.3. The molecule has 96 valence electrons. The number of hydrogen-bond acceptors (Lipinski definition) is 3. The molecular formula is C13H15BrFN3. The van der Waals surface area contributed by atoms with Crippen molar-refractivity contribution in [1.82, 2.24) is 5.32 Å². The molecule has 1 fully saturated rings. The van der Waals surface area contributed by atoms with E-state index in [9.17, 15) is 4.39 Å². The molecule has 0 aliphatic carbocycles. The molecule has 1 aliphatic heterocycles. The Morgan fingerprint density at radius 1 is 1.56 bits per heavy atom. The molecule has 1 aromatic carbocycles. The maximum Gasteiger partial charge on any atom is 0.161 e. The Morgan fingerprint density at radius 2 is 2.39 bits per heavy atom. The van der Waals surface area contributed by atoms with Crippen molar-refractivity contribution >= 4 is 21.6 Å². The van der Waals surface area contributed by atoms with E-state index in [4.69, 9.17) is 5.26 Å². The smallest absolute Gasteiger partial charge is 0.161 e. The highest BCUT2D eigenvalue weighted by Gasteiger charge is 2.14. The normalized spacial score (nSPS) is 18.6. The fourth-order valence-electron chi connectivity index (χ4n) is 2.16. The van der Waals surface area contributed by atoms with Crippen molar-refractivity contribution in [3.63, 3.8) is 0 Å². The fourth-order valence-corrected chi connectivity index (χ4v) is 2.59. The van der Waals surface area contributed by atoms with Crippen LogP contribution in [0.1, 0.15) is 24.8 Å². The molecule has 0 aromatic heterocycles. The lowest BCUT2D eigenvalue weighted by molar-refractivity contribution is 0.571. The molecule has 1 unspecified atom stereocenters. The van der Waals surface area contributed by atoms with Crippen LogP contribution in [0.25, 0.3) is 0 Å². The molecule has 5 heteroatoms. The second-order valence-corrected chi connectivity index (χ2v) is 5.20. The van der Waals surface area contributed by atoms with Gasteiger partial charge in [0.05, 0.1) is 15.7 Å². The number of rotatable bonds is 4. The summed E-state index contributed by atoms with van der Waals surface area (Å²) in [5.74, 6) is -0.395. The summed E-state index contributed by atoms with van der Waals surface area (Å²) >= 11 is 3.10. The number of nitrogens with zero attached hydrogens (tertiary/aromatic N) is 1. The minimum atomic E-state index is -0.395. The van der Waals surface area contributed by atoms with E-state index in [1.54, 1.807) is 12.1 Å². The summed E-state index contributed by atoms with van der Waals surface area (Å²) in [4.78, 5) is 0. The van der Waals surface area contributed by atoms with Crippen LogP contribution in [0, 0.1) is 17.1 Å². The zero-order chi connectivity index (χ0) is 13.0. The standard InChI is InChI=1S/C13H15BrFN3/c14-12-9(8-16)3-4-11(13(12)15)18-7-5-10-2-1-6-17-10/h3-4,10,17-18H,1-2,5-7H2. The van der Waals surface area contributed by atoms with Gasteiger partial charge < -0.3 is 10.6 Å². The lowest BCUT2D eigenvalue weighted by Gasteiger charge is -2.12. The quantitative estimate of drug-likeness (QED) is 0.898. The molecule has 0 bridgehead atoms. The van der Waals surface area contributed by atoms with Crippen molar-refractivity contribution < 1.29 is 4.39 Å². The zero-order valence-electron chi connectivity index (χ0n) is 9.97. The molecule has 2 N–H and O–H groups in total. The van der Waals surface area contributed by atoms with Crippen LogP contribution in [0.5, 0.6) is 0 Å². The molecule has 18 heavy (non-hydrogen) atoms. The first-order valence-electron chi connectivity index (χ1n) is 6.07. The van der Waals surface area contributed by atoms with E-state index in [1.165, 1.54) is 12.8 Å². The van der Waals surface area contributed by atoms with E-state index < -0.39 is 5.82 Å². The average molecular weight is 312 g/mol. The lowest BCUT2D eigenvalue weighted by Crippen LogP contribution is -2.24. The molecule has 1 saturated heterocycles. The van der Waals surface area contributed by atoms with Crippen molar-refractivity contribution in [3.05, 3.63) is 28.0 Å². The highest BCUT2D eigenvalue weighted by atomic mass is 79.9. The number of anilines is 1. The van der Waals surface area contributed by atoms with Gasteiger partial charge in [-0.1, -0.05) is 0 Å². The molecule has 0 amide bonds. The van der Waals surface area contributed by atoms with E-state index >= 15 is 0 Å². The first-order chi connectivity index (χ1) is 8.72. The molecule has 0 radical (unpaired) electrons. The summed E-state index contributed by atoms with van der Waals surface area (Å²) in [7, 11) is 0. The van der Waals surface area contributed by atoms with E-state index in [1.807, 2.05) is 6.07 Å². The van der Waals surface area contributed by atoms with Gasteiger partial charge in [0.25, 0.3) is 0 Å². The third-order valence-electron chi connectivity index (χ3n) is 3.17. The minimum Gasteiger partial charge on any atom is -0.383 e. The van der Waals surface area contributed by atoms with Crippen LogP contribution in [0.2, 0.25) is 0 Å². The topological polar surface area (TPSA) is 47.9 Å². The second kappa shape index (κ2) is 6.17. The SMILES string of the molecule is N#Cc1ccc(NCCC2CCCN2)c(F)c1Br. The highest BCUT2D eigenvalue weighted by Crippen LogP contribution is 2.26. The molecule has 1 heterocycles. The third-order valence-corrected chi connectivity index (χ3v) is 3.95. The van der Waals surface area contributed by atoms with Gasteiger partial charge in [-0.25, -0.2) is 4.39 Å². The van der Waals surface area contributed by atoms with Crippen LogP contribution >= 0.6 is 15.9 Å². The minimum absolute atomic E-state index is 0.231. The molecule has 2 rings (SSSR count). The van der Waals surface area contributed by atoms with Gasteiger partial charge in [0.15, 0.2) is 5.82 Å². The van der Waals surface area contributed by atoms with Crippen molar-refractivity contribution in [1.29, 1.82) is 5.26 Å². The van der Waals surface area contributed by atoms with Crippen molar-refractivity contribution in [2.45, 2.75) is 25.3 Å². The summed E-state index contributed by atoms with van der Waals surface area (Å²) < 4.78 is 14.1. The third kappa shape index (κ3) is 3.01. The monoisotopic (exact) mass is 311 g/mol. The Bertz CT molecular complexity index is 464. The molecule has 1 atom stereocenters. The largest absolute Gasteiger partial charge is 0.383 e. The summed E-state index contributed by atoms with van der Waals surface area (Å²) in [6, 6.07) is 5.71. The predicted octanol–water partition coefficient (Wildman–Crippen LogP) is 3.01. The van der Waals surface area contributed by atoms with Gasteiger partial charge in [0, 0.05) is 12.6 Å². The number of nitrogens with one attached hydrogen (secondary N) is 2. The van der Waals surface area contributed by atoms with E-state index in [0.717, 1.165) is 19.5 Å². The van der Waals surface area contributed by atoms with Gasteiger partial charge in [-0.3, -0.25) is 0 Å². The Labute approximate surface area is 115 Å². The van der Waals surface area contributed by atoms with Gasteiger partial charge in [0.1, 0.15) is 6.07 Å². The van der Waals surface area contributed by atoms with Crippen molar-refractivity contribution in [2.24, 2.45) is 0 Å². The number of benzene rings is 1. The van der Waals surface area contributed by atoms with Crippen molar-refractivity contribution in [2.75, 3.05) is 18.4 Å². The van der Waals surface area contributed by atoms with Crippen LogP contribution in [0.4, 0.5) is 10.1 Å². The summed E-state index contributed by atoms with van der Waals surface area (Å²) in [6.07, 6.45) is 3.40. The summed E-state index contributed by atoms with van der Waals surface area (Å²) in [5.41, 5.74) is 0.759. The van der Waals surface area contributed by atoms with Crippen LogP contribution in [-0.2, 0) is 0 Å². The van der Waals surface area contributed by atoms with Crippen LogP contribution in [0.3, 0.4) is 0 Å². The van der Waals surface area contributed by atoms with Gasteiger partial charge in [-0.15, -0.1) is 0 Å². The Balaban J connectivity index is 1.93. The molecular weight excluding hydrogens is 297 g/mol. The predicted molar refractivity (Wildman–Crippen MR) is 72.9 cm³/mol. The number of nitriles is 1. The van der Waals surface area contributed by atoms with Gasteiger partial charge >= 0.3 is 0 Å². The second-order valence-electron chi connectivity index (χ2n) is 4.41. The Kier molecular flexibility index (Phi) is 4.56. The van der Waals surface area contributed by atoms with Crippen LogP contribution in [-0.4, -0.2) is 19.1 Å². The highest BCUT2D eigenvalue weighted by molar-refractivity contribution is 9.10. The van der Waals surface area contributed by atoms with Crippen molar-refractivity contribution in [3.8, 4) is 6.07 Å². The fraction of sp³-hybridized carbons (Fsp3) is 0.462. The van der Waals surface area contributed by atoms with Crippen LogP contribution < -0.4 is 10.6 Å². The lowest BCUT2D eigenvalue weighted by atomic mass is 10.1. The number of halogens is 2. The average Bonchev–Trinajstić information content (AvgIpc) is 2.88. The maximum atomic E-state index is 13.9. The number of hydrogen-bond donors (Lipinski definition) is 2. The van der Waals surface area contributed by atoms with E-state index in [2.05, 4.69) is 26.6 Å². The van der Waals surface area contributed by atoms with Gasteiger partial charge in [-0.05, 0) is 53.9 Å². The molecule has 1 aliphatic rings. The van der Waals surface area contributed by atoms with E-state index in [-0.39, 0.29) is 4.47 Å². The van der Waals surface area contributed by atoms with Crippen LogP contribution in [0.15, 0.2) is 16.6 Å². The maximum absolute atomic E-state index is 13.9. The summed E-state index contributed by atoms with van der Waals surface area (Å²) in [5, 5.41) is 15.3. The Morgan fingerprint density at radius 3 is 3.06 bits per heavy atom. The zero-order valence-corrected chi connectivity index (χ0v) is 11.6. The van der Waals surface area contributed by atoms with E-state index in [0.29, 0.717) is 17.3 Å². The molecule has 0 spiro atoms.